The van der Waals surface area contributed by atoms with Crippen LogP contribution in [0.15, 0.2) is 18.2 Å². The second kappa shape index (κ2) is 6.11. The van der Waals surface area contributed by atoms with Crippen LogP contribution in [0.4, 0.5) is 10.5 Å². The van der Waals surface area contributed by atoms with Crippen LogP contribution in [0.3, 0.4) is 0 Å². The highest BCUT2D eigenvalue weighted by atomic mass is 35.5. The second-order valence-corrected chi connectivity index (χ2v) is 5.12. The first-order chi connectivity index (χ1) is 9.51. The molecule has 1 aromatic carbocycles. The normalized spacial score (nSPS) is 18.1. The van der Waals surface area contributed by atoms with Crippen molar-refractivity contribution in [3.63, 3.8) is 0 Å². The minimum absolute atomic E-state index is 0.0644. The van der Waals surface area contributed by atoms with Crippen molar-refractivity contribution in [2.75, 3.05) is 25.0 Å². The number of carbonyl (C=O) groups excluding carboxylic acids is 1. The standard InChI is InChI=1S/C13H15ClN2O4/c14-10-5-9(12(18)19)1-2-11(10)15-13(20)16-4-3-8(6-16)7-17/h1-2,5,8,17H,3-4,6-7H2,(H,15,20)(H,18,19). The zero-order valence-corrected chi connectivity index (χ0v) is 11.4. The summed E-state index contributed by atoms with van der Waals surface area (Å²) < 4.78 is 0. The van der Waals surface area contributed by atoms with Crippen LogP contribution >= 0.6 is 11.6 Å². The Kier molecular flexibility index (Phi) is 4.46. The summed E-state index contributed by atoms with van der Waals surface area (Å²) in [5.74, 6) is -0.958. The minimum atomic E-state index is -1.07. The summed E-state index contributed by atoms with van der Waals surface area (Å²) in [6, 6.07) is 3.83. The molecule has 20 heavy (non-hydrogen) atoms. The molecule has 1 heterocycles. The molecule has 0 aliphatic carbocycles. The number of carboxylic acids is 1. The van der Waals surface area contributed by atoms with Gasteiger partial charge in [0.05, 0.1) is 16.3 Å². The maximum absolute atomic E-state index is 12.0. The van der Waals surface area contributed by atoms with E-state index >= 15 is 0 Å². The van der Waals surface area contributed by atoms with E-state index in [1.165, 1.54) is 18.2 Å². The lowest BCUT2D eigenvalue weighted by Crippen LogP contribution is -2.33. The topological polar surface area (TPSA) is 89.9 Å². The molecule has 0 bridgehead atoms. The first-order valence-corrected chi connectivity index (χ1v) is 6.58. The van der Waals surface area contributed by atoms with Gasteiger partial charge in [-0.05, 0) is 24.6 Å². The number of anilines is 1. The van der Waals surface area contributed by atoms with Gasteiger partial charge in [0.2, 0.25) is 0 Å². The lowest BCUT2D eigenvalue weighted by atomic mass is 10.1. The largest absolute Gasteiger partial charge is 0.478 e. The van der Waals surface area contributed by atoms with Crippen molar-refractivity contribution < 1.29 is 19.8 Å². The number of aliphatic hydroxyl groups excluding tert-OH is 1. The maximum atomic E-state index is 12.0. The zero-order valence-electron chi connectivity index (χ0n) is 10.7. The van der Waals surface area contributed by atoms with Gasteiger partial charge in [0.25, 0.3) is 0 Å². The summed E-state index contributed by atoms with van der Waals surface area (Å²) in [6.45, 7) is 1.16. The van der Waals surface area contributed by atoms with E-state index in [2.05, 4.69) is 5.32 Å². The molecule has 1 atom stereocenters. The maximum Gasteiger partial charge on any atom is 0.335 e. The quantitative estimate of drug-likeness (QED) is 0.795. The number of amides is 2. The average Bonchev–Trinajstić information content (AvgIpc) is 2.89. The lowest BCUT2D eigenvalue weighted by Gasteiger charge is -2.17. The van der Waals surface area contributed by atoms with Crippen molar-refractivity contribution in [1.29, 1.82) is 0 Å². The van der Waals surface area contributed by atoms with Gasteiger partial charge in [-0.3, -0.25) is 0 Å². The molecule has 108 valence electrons. The molecule has 6 nitrogen and oxygen atoms in total. The van der Waals surface area contributed by atoms with E-state index in [1.54, 1.807) is 4.90 Å². The Morgan fingerprint density at radius 1 is 1.45 bits per heavy atom. The molecule has 1 saturated heterocycles. The number of carbonyl (C=O) groups is 2. The molecule has 3 N–H and O–H groups in total. The summed E-state index contributed by atoms with van der Waals surface area (Å²) in [7, 11) is 0. The van der Waals surface area contributed by atoms with Crippen LogP contribution < -0.4 is 5.32 Å². The Balaban J connectivity index is 2.03. The molecule has 1 aromatic rings. The van der Waals surface area contributed by atoms with Crippen molar-refractivity contribution in [2.24, 2.45) is 5.92 Å². The van der Waals surface area contributed by atoms with Crippen LogP contribution in [0.25, 0.3) is 0 Å². The van der Waals surface area contributed by atoms with Crippen molar-refractivity contribution in [3.8, 4) is 0 Å². The van der Waals surface area contributed by atoms with Crippen molar-refractivity contribution in [3.05, 3.63) is 28.8 Å². The van der Waals surface area contributed by atoms with E-state index in [1.807, 2.05) is 0 Å². The number of hydrogen-bond donors (Lipinski definition) is 3. The van der Waals surface area contributed by atoms with Gasteiger partial charge in [-0.15, -0.1) is 0 Å². The minimum Gasteiger partial charge on any atom is -0.478 e. The Morgan fingerprint density at radius 3 is 2.75 bits per heavy atom. The molecule has 7 heteroatoms. The number of likely N-dealkylation sites (tertiary alicyclic amines) is 1. The number of nitrogens with zero attached hydrogens (tertiary/aromatic N) is 1. The molecule has 2 rings (SSSR count). The Labute approximate surface area is 121 Å². The average molecular weight is 299 g/mol. The zero-order chi connectivity index (χ0) is 14.7. The highest BCUT2D eigenvalue weighted by Gasteiger charge is 2.26. The summed E-state index contributed by atoms with van der Waals surface area (Å²) in [6.07, 6.45) is 0.773. The van der Waals surface area contributed by atoms with Gasteiger partial charge in [-0.1, -0.05) is 11.6 Å². The fraction of sp³-hybridized carbons (Fsp3) is 0.385. The number of halogens is 1. The predicted octanol–water partition coefficient (Wildman–Crippen LogP) is 1.88. The highest BCUT2D eigenvalue weighted by Crippen LogP contribution is 2.24. The third-order valence-corrected chi connectivity index (χ3v) is 3.60. The first-order valence-electron chi connectivity index (χ1n) is 6.21. The molecule has 1 fully saturated rings. The van der Waals surface area contributed by atoms with Gasteiger partial charge in [-0.25, -0.2) is 9.59 Å². The van der Waals surface area contributed by atoms with Crippen LogP contribution in [0, 0.1) is 5.92 Å². The van der Waals surface area contributed by atoms with Crippen LogP contribution in [-0.2, 0) is 0 Å². The van der Waals surface area contributed by atoms with Gasteiger partial charge < -0.3 is 20.4 Å². The monoisotopic (exact) mass is 298 g/mol. The number of nitrogens with one attached hydrogen (secondary N) is 1. The molecular weight excluding hydrogens is 284 g/mol. The number of rotatable bonds is 3. The number of hydrogen-bond acceptors (Lipinski definition) is 3. The third-order valence-electron chi connectivity index (χ3n) is 3.29. The smallest absolute Gasteiger partial charge is 0.335 e. The van der Waals surface area contributed by atoms with Crippen molar-refractivity contribution in [1.82, 2.24) is 4.90 Å². The molecule has 0 saturated carbocycles. The van der Waals surface area contributed by atoms with Gasteiger partial charge in [0.15, 0.2) is 0 Å². The second-order valence-electron chi connectivity index (χ2n) is 4.71. The van der Waals surface area contributed by atoms with Crippen LogP contribution in [-0.4, -0.2) is 46.8 Å². The van der Waals surface area contributed by atoms with Crippen LogP contribution in [0.2, 0.25) is 5.02 Å². The Morgan fingerprint density at radius 2 is 2.20 bits per heavy atom. The van der Waals surface area contributed by atoms with Gasteiger partial charge >= 0.3 is 12.0 Å². The number of urea groups is 1. The molecule has 1 aliphatic heterocycles. The molecule has 2 amide bonds. The molecule has 0 radical (unpaired) electrons. The van der Waals surface area contributed by atoms with E-state index < -0.39 is 5.97 Å². The molecule has 1 unspecified atom stereocenters. The lowest BCUT2D eigenvalue weighted by molar-refractivity contribution is 0.0697. The van der Waals surface area contributed by atoms with E-state index in [-0.39, 0.29) is 29.1 Å². The number of benzene rings is 1. The van der Waals surface area contributed by atoms with Crippen molar-refractivity contribution in [2.45, 2.75) is 6.42 Å². The van der Waals surface area contributed by atoms with Crippen LogP contribution in [0.5, 0.6) is 0 Å². The first kappa shape index (κ1) is 14.6. The molecule has 1 aliphatic rings. The number of aromatic carboxylic acids is 1. The van der Waals surface area contributed by atoms with Gasteiger partial charge in [0.1, 0.15) is 0 Å². The van der Waals surface area contributed by atoms with Gasteiger partial charge in [-0.2, -0.15) is 0 Å². The predicted molar refractivity (Wildman–Crippen MR) is 74.2 cm³/mol. The number of carboxylic acid groups (broad SMARTS) is 1. The van der Waals surface area contributed by atoms with E-state index in [9.17, 15) is 9.59 Å². The third kappa shape index (κ3) is 3.20. The number of aliphatic hydroxyl groups is 1. The molecule has 0 spiro atoms. The molecular formula is C13H15ClN2O4. The van der Waals surface area contributed by atoms with E-state index in [0.29, 0.717) is 18.8 Å². The summed E-state index contributed by atoms with van der Waals surface area (Å²) in [5, 5.41) is 20.7. The summed E-state index contributed by atoms with van der Waals surface area (Å²) in [4.78, 5) is 24.4. The van der Waals surface area contributed by atoms with Crippen LogP contribution in [0.1, 0.15) is 16.8 Å². The van der Waals surface area contributed by atoms with E-state index in [4.69, 9.17) is 21.8 Å². The molecule has 0 aromatic heterocycles. The Hall–Kier alpha value is -1.79. The highest BCUT2D eigenvalue weighted by molar-refractivity contribution is 6.34. The summed E-state index contributed by atoms with van der Waals surface area (Å²) in [5.41, 5.74) is 0.434. The van der Waals surface area contributed by atoms with E-state index in [0.717, 1.165) is 6.42 Å². The SMILES string of the molecule is O=C(O)c1ccc(NC(=O)N2CCC(CO)C2)c(Cl)c1. The van der Waals surface area contributed by atoms with Gasteiger partial charge in [0, 0.05) is 25.6 Å². The fourth-order valence-electron chi connectivity index (χ4n) is 2.11. The van der Waals surface area contributed by atoms with Crippen molar-refractivity contribution >= 4 is 29.3 Å². The summed E-state index contributed by atoms with van der Waals surface area (Å²) >= 11 is 5.94. The Bertz CT molecular complexity index is 535. The fourth-order valence-corrected chi connectivity index (χ4v) is 2.34.